The molecule has 3 aliphatic carbocycles. The van der Waals surface area contributed by atoms with E-state index in [1.807, 2.05) is 53.8 Å². The lowest BCUT2D eigenvalue weighted by Gasteiger charge is -2.56. The Bertz CT molecular complexity index is 1950. The molecule has 1 aromatic carbocycles. The maximum Gasteiger partial charge on any atom is 0.248 e. The molecule has 1 saturated carbocycles. The molecule has 4 bridgehead atoms. The number of nitrogens with zero attached hydrogens (tertiary/aromatic N) is 1. The van der Waals surface area contributed by atoms with E-state index in [0.717, 1.165) is 18.5 Å². The molecule has 7 rings (SSSR count). The Morgan fingerprint density at radius 1 is 0.982 bits per heavy atom. The van der Waals surface area contributed by atoms with Crippen molar-refractivity contribution < 1.29 is 43.2 Å². The molecule has 57 heavy (non-hydrogen) atoms. The number of carbonyl (C=O) groups excluding carboxylic acids is 3. The Hall–Kier alpha value is -4.03. The van der Waals surface area contributed by atoms with E-state index in [1.54, 1.807) is 31.0 Å². The van der Waals surface area contributed by atoms with Gasteiger partial charge in [0.1, 0.15) is 28.4 Å². The number of aromatic hydroxyl groups is 1. The number of ketones is 2. The number of hydrogen-bond acceptors (Lipinski definition) is 10. The average Bonchev–Trinajstić information content (AvgIpc) is 3.30. The fourth-order valence-corrected chi connectivity index (χ4v) is 9.27. The standard InChI is InChI=1S/C46H62N2O9/c1-28(2)12-11-17-44(8)18-16-32-37(49)36-38(50)34-26-31-27-35-43(6,7)57-45(41(31)51,46(34,35)56-40(36)33(39(32)55-44)14-13-29(3)4)19-15-30(5)42(52)48(10)21-23-54-25-24-53-22-20-47-9/h12-13,15-16,18,26,31,35,47,49H,11,14,17,19-25,27H2,1-10H3. The van der Waals surface area contributed by atoms with E-state index in [4.69, 9.17) is 23.7 Å². The molecule has 310 valence electrons. The topological polar surface area (TPSA) is 133 Å². The van der Waals surface area contributed by atoms with Crippen molar-refractivity contribution in [3.63, 3.8) is 0 Å². The Morgan fingerprint density at radius 3 is 2.37 bits per heavy atom. The zero-order valence-corrected chi connectivity index (χ0v) is 35.6. The molecule has 2 N–H and O–H groups in total. The van der Waals surface area contributed by atoms with Gasteiger partial charge in [-0.25, -0.2) is 0 Å². The van der Waals surface area contributed by atoms with Gasteiger partial charge in [0.05, 0.1) is 37.6 Å². The number of phenolic OH excluding ortho intramolecular Hbond substituents is 1. The lowest BCUT2D eigenvalue weighted by molar-refractivity contribution is -0.171. The number of rotatable bonds is 17. The summed E-state index contributed by atoms with van der Waals surface area (Å²) in [6.07, 6.45) is 13.9. The maximum atomic E-state index is 15.0. The molecular weight excluding hydrogens is 725 g/mol. The number of Topliss-reactive ketones (excluding diaryl/α,β-unsaturated/α-hetero) is 2. The zero-order valence-electron chi connectivity index (χ0n) is 35.6. The fourth-order valence-electron chi connectivity index (χ4n) is 9.27. The summed E-state index contributed by atoms with van der Waals surface area (Å²) in [6.45, 7) is 18.8. The summed E-state index contributed by atoms with van der Waals surface area (Å²) >= 11 is 0. The largest absolute Gasteiger partial charge is 0.506 e. The van der Waals surface area contributed by atoms with E-state index in [2.05, 4.69) is 31.3 Å². The lowest BCUT2D eigenvalue weighted by atomic mass is 9.51. The average molecular weight is 787 g/mol. The highest BCUT2D eigenvalue weighted by Crippen LogP contribution is 2.68. The molecule has 11 heteroatoms. The second kappa shape index (κ2) is 16.3. The van der Waals surface area contributed by atoms with Crippen molar-refractivity contribution in [3.8, 4) is 17.2 Å². The van der Waals surface area contributed by atoms with Crippen LogP contribution in [0.1, 0.15) is 103 Å². The van der Waals surface area contributed by atoms with Crippen molar-refractivity contribution in [2.45, 2.75) is 110 Å². The van der Waals surface area contributed by atoms with Crippen molar-refractivity contribution in [3.05, 3.63) is 69.4 Å². The van der Waals surface area contributed by atoms with Crippen LogP contribution in [-0.4, -0.2) is 103 Å². The van der Waals surface area contributed by atoms with Gasteiger partial charge in [0.2, 0.25) is 5.91 Å². The SMILES string of the molecule is CNCCOCCOCCN(C)C(=O)C(C)=CCC12OC(C)(C)C3CC(C=C4C(=O)c5c(O)c6c(c(CC=C(C)C)c5OC431)OC(C)(CCC=C(C)C)C=C6)C2=O. The van der Waals surface area contributed by atoms with Crippen molar-refractivity contribution >= 4 is 23.5 Å². The summed E-state index contributed by atoms with van der Waals surface area (Å²) < 4.78 is 32.3. The predicted octanol–water partition coefficient (Wildman–Crippen LogP) is 6.87. The van der Waals surface area contributed by atoms with Gasteiger partial charge < -0.3 is 39.0 Å². The molecule has 0 aromatic heterocycles. The first kappa shape index (κ1) is 42.6. The van der Waals surface area contributed by atoms with Crippen LogP contribution in [0, 0.1) is 11.8 Å². The summed E-state index contributed by atoms with van der Waals surface area (Å²) in [5.74, 6) is -1.22. The number of fused-ring (bicyclic) bond motifs is 2. The zero-order chi connectivity index (χ0) is 41.5. The molecule has 1 saturated heterocycles. The van der Waals surface area contributed by atoms with Crippen molar-refractivity contribution in [2.75, 3.05) is 53.6 Å². The molecular formula is C46H62N2O9. The summed E-state index contributed by atoms with van der Waals surface area (Å²) in [7, 11) is 3.58. The van der Waals surface area contributed by atoms with Crippen LogP contribution in [0.15, 0.2) is 52.7 Å². The van der Waals surface area contributed by atoms with Gasteiger partial charge in [-0.05, 0) is 100 Å². The first-order valence-corrected chi connectivity index (χ1v) is 20.4. The van der Waals surface area contributed by atoms with E-state index in [9.17, 15) is 14.7 Å². The predicted molar refractivity (Wildman–Crippen MR) is 220 cm³/mol. The minimum absolute atomic E-state index is 0.0238. The van der Waals surface area contributed by atoms with Crippen LogP contribution in [0.2, 0.25) is 0 Å². The van der Waals surface area contributed by atoms with Gasteiger partial charge in [-0.15, -0.1) is 0 Å². The number of carbonyl (C=O) groups is 3. The third kappa shape index (κ3) is 7.57. The minimum Gasteiger partial charge on any atom is -0.506 e. The molecule has 1 spiro atoms. The second-order valence-electron chi connectivity index (χ2n) is 17.5. The van der Waals surface area contributed by atoms with Gasteiger partial charge in [-0.1, -0.05) is 35.5 Å². The number of hydrogen-bond donors (Lipinski definition) is 2. The van der Waals surface area contributed by atoms with Crippen LogP contribution in [0.5, 0.6) is 17.2 Å². The van der Waals surface area contributed by atoms with E-state index < -0.39 is 28.3 Å². The van der Waals surface area contributed by atoms with Crippen LogP contribution < -0.4 is 14.8 Å². The van der Waals surface area contributed by atoms with E-state index in [0.29, 0.717) is 80.3 Å². The Balaban J connectivity index is 1.37. The quantitative estimate of drug-likeness (QED) is 0.0981. The Kier molecular flexibility index (Phi) is 12.2. The lowest BCUT2D eigenvalue weighted by Crippen LogP contribution is -2.72. The van der Waals surface area contributed by atoms with Crippen LogP contribution in [-0.2, 0) is 30.2 Å². The molecule has 11 nitrogen and oxygen atoms in total. The fraction of sp³-hybridized carbons (Fsp3) is 0.587. The summed E-state index contributed by atoms with van der Waals surface area (Å²) in [5, 5.41) is 15.0. The van der Waals surface area contributed by atoms with Crippen molar-refractivity contribution in [1.29, 1.82) is 0 Å². The summed E-state index contributed by atoms with van der Waals surface area (Å²) in [4.78, 5) is 45.0. The third-order valence-electron chi connectivity index (χ3n) is 12.3. The van der Waals surface area contributed by atoms with Gasteiger partial charge in [-0.3, -0.25) is 14.4 Å². The molecule has 1 amide bonds. The number of phenols is 1. The van der Waals surface area contributed by atoms with Gasteiger partial charge in [0, 0.05) is 55.1 Å². The number of amides is 1. The summed E-state index contributed by atoms with van der Waals surface area (Å²) in [6, 6.07) is 0. The molecule has 3 heterocycles. The number of allylic oxidation sites excluding steroid dienone is 5. The van der Waals surface area contributed by atoms with Gasteiger partial charge in [0.25, 0.3) is 0 Å². The molecule has 0 radical (unpaired) electrons. The van der Waals surface area contributed by atoms with Gasteiger partial charge >= 0.3 is 0 Å². The Morgan fingerprint density at radius 2 is 1.68 bits per heavy atom. The Labute approximate surface area is 338 Å². The minimum atomic E-state index is -1.60. The van der Waals surface area contributed by atoms with Crippen LogP contribution in [0.25, 0.3) is 6.08 Å². The maximum absolute atomic E-state index is 15.0. The molecule has 1 aromatic rings. The molecule has 5 unspecified atom stereocenters. The molecule has 3 aliphatic heterocycles. The van der Waals surface area contributed by atoms with E-state index in [-0.39, 0.29) is 46.9 Å². The number of nitrogens with one attached hydrogen (secondary N) is 1. The van der Waals surface area contributed by atoms with Crippen LogP contribution >= 0.6 is 0 Å². The number of ether oxygens (including phenoxy) is 5. The molecule has 5 atom stereocenters. The first-order valence-electron chi connectivity index (χ1n) is 20.4. The normalized spacial score (nSPS) is 27.5. The number of benzene rings is 1. The van der Waals surface area contributed by atoms with Crippen molar-refractivity contribution in [2.24, 2.45) is 11.8 Å². The number of likely N-dealkylation sites (N-methyl/N-ethyl adjacent to an activating group) is 2. The second-order valence-corrected chi connectivity index (χ2v) is 17.5. The summed E-state index contributed by atoms with van der Waals surface area (Å²) in [5.41, 5.74) is -0.432. The van der Waals surface area contributed by atoms with Crippen molar-refractivity contribution in [1.82, 2.24) is 10.2 Å². The highest BCUT2D eigenvalue weighted by Gasteiger charge is 2.81. The van der Waals surface area contributed by atoms with Gasteiger partial charge in [0.15, 0.2) is 22.8 Å². The highest BCUT2D eigenvalue weighted by atomic mass is 16.6. The monoisotopic (exact) mass is 786 g/mol. The molecule has 2 fully saturated rings. The van der Waals surface area contributed by atoms with Crippen LogP contribution in [0.4, 0.5) is 0 Å². The molecule has 6 aliphatic rings. The highest BCUT2D eigenvalue weighted by molar-refractivity contribution is 6.19. The smallest absolute Gasteiger partial charge is 0.248 e. The third-order valence-corrected chi connectivity index (χ3v) is 12.3. The van der Waals surface area contributed by atoms with Crippen LogP contribution in [0.3, 0.4) is 0 Å². The van der Waals surface area contributed by atoms with E-state index in [1.165, 1.54) is 5.57 Å². The first-order chi connectivity index (χ1) is 26.9. The van der Waals surface area contributed by atoms with Gasteiger partial charge in [-0.2, -0.15) is 0 Å². The van der Waals surface area contributed by atoms with E-state index >= 15 is 4.79 Å².